The lowest BCUT2D eigenvalue weighted by Gasteiger charge is -2.27. The molecule has 4 heteroatoms. The average Bonchev–Trinajstić information content (AvgIpc) is 2.78. The van der Waals surface area contributed by atoms with Crippen LogP contribution in [0.4, 0.5) is 0 Å². The lowest BCUT2D eigenvalue weighted by molar-refractivity contribution is 0.253. The first-order valence-electron chi connectivity index (χ1n) is 6.38. The van der Waals surface area contributed by atoms with Gasteiger partial charge < -0.3 is 5.73 Å². The largest absolute Gasteiger partial charge is 0.323 e. The van der Waals surface area contributed by atoms with Gasteiger partial charge in [-0.15, -0.1) is 5.10 Å². The van der Waals surface area contributed by atoms with Gasteiger partial charge in [-0.25, -0.2) is 4.68 Å². The van der Waals surface area contributed by atoms with Crippen molar-refractivity contribution in [3.8, 4) is 0 Å². The van der Waals surface area contributed by atoms with Crippen molar-refractivity contribution in [1.82, 2.24) is 15.0 Å². The van der Waals surface area contributed by atoms with Crippen molar-refractivity contribution in [3.63, 3.8) is 0 Å². The maximum absolute atomic E-state index is 5.78. The molecule has 1 heterocycles. The van der Waals surface area contributed by atoms with Gasteiger partial charge in [-0.3, -0.25) is 0 Å². The smallest absolute Gasteiger partial charge is 0.0991 e. The SMILES string of the molecule is CCC1CCC(n2cc(C(C)N)nn2)CC1. The van der Waals surface area contributed by atoms with Gasteiger partial charge in [0, 0.05) is 6.04 Å². The number of nitrogens with zero attached hydrogens (tertiary/aromatic N) is 3. The van der Waals surface area contributed by atoms with Crippen LogP contribution in [0.2, 0.25) is 0 Å². The Morgan fingerprint density at radius 1 is 1.44 bits per heavy atom. The Morgan fingerprint density at radius 2 is 2.12 bits per heavy atom. The molecule has 2 N–H and O–H groups in total. The molecule has 0 bridgehead atoms. The van der Waals surface area contributed by atoms with E-state index in [-0.39, 0.29) is 6.04 Å². The number of hydrogen-bond donors (Lipinski definition) is 1. The van der Waals surface area contributed by atoms with Crippen molar-refractivity contribution in [3.05, 3.63) is 11.9 Å². The topological polar surface area (TPSA) is 56.7 Å². The summed E-state index contributed by atoms with van der Waals surface area (Å²) in [5, 5.41) is 8.32. The second kappa shape index (κ2) is 4.95. The summed E-state index contributed by atoms with van der Waals surface area (Å²) < 4.78 is 2.02. The second-order valence-corrected chi connectivity index (χ2v) is 4.99. The highest BCUT2D eigenvalue weighted by Gasteiger charge is 2.22. The molecule has 0 amide bonds. The molecule has 16 heavy (non-hydrogen) atoms. The zero-order valence-electron chi connectivity index (χ0n) is 10.3. The van der Waals surface area contributed by atoms with Crippen LogP contribution in [-0.4, -0.2) is 15.0 Å². The molecule has 0 saturated heterocycles. The number of rotatable bonds is 3. The molecule has 1 fully saturated rings. The molecule has 1 aliphatic rings. The molecule has 1 saturated carbocycles. The van der Waals surface area contributed by atoms with Gasteiger partial charge in [0.1, 0.15) is 0 Å². The van der Waals surface area contributed by atoms with Gasteiger partial charge in [-0.05, 0) is 38.5 Å². The first kappa shape index (κ1) is 11.6. The fourth-order valence-electron chi connectivity index (χ4n) is 2.50. The van der Waals surface area contributed by atoms with E-state index in [1.54, 1.807) is 0 Å². The minimum absolute atomic E-state index is 0.0132. The molecule has 1 aromatic heterocycles. The Bertz CT molecular complexity index is 324. The normalized spacial score (nSPS) is 27.9. The minimum atomic E-state index is -0.0132. The van der Waals surface area contributed by atoms with Crippen LogP contribution in [0.3, 0.4) is 0 Å². The summed E-state index contributed by atoms with van der Waals surface area (Å²) in [5.74, 6) is 0.924. The first-order valence-corrected chi connectivity index (χ1v) is 6.38. The number of nitrogens with two attached hydrogens (primary N) is 1. The second-order valence-electron chi connectivity index (χ2n) is 4.99. The molecule has 1 aliphatic carbocycles. The van der Waals surface area contributed by atoms with E-state index in [1.807, 2.05) is 17.8 Å². The summed E-state index contributed by atoms with van der Waals surface area (Å²) in [6, 6.07) is 0.531. The van der Waals surface area contributed by atoms with E-state index < -0.39 is 0 Å². The summed E-state index contributed by atoms with van der Waals surface area (Å²) in [6.07, 6.45) is 8.46. The molecule has 1 atom stereocenters. The number of aromatic nitrogens is 3. The third kappa shape index (κ3) is 2.43. The molecule has 0 radical (unpaired) electrons. The fraction of sp³-hybridized carbons (Fsp3) is 0.833. The zero-order chi connectivity index (χ0) is 11.5. The zero-order valence-corrected chi connectivity index (χ0v) is 10.3. The summed E-state index contributed by atoms with van der Waals surface area (Å²) in [4.78, 5) is 0. The molecule has 1 unspecified atom stereocenters. The maximum Gasteiger partial charge on any atom is 0.0991 e. The van der Waals surface area contributed by atoms with Crippen LogP contribution in [0.15, 0.2) is 6.20 Å². The van der Waals surface area contributed by atoms with Gasteiger partial charge in [0.05, 0.1) is 17.9 Å². The quantitative estimate of drug-likeness (QED) is 0.854. The standard InChI is InChI=1S/C12H22N4/c1-3-10-4-6-11(7-5-10)16-8-12(9(2)13)14-15-16/h8-11H,3-7,13H2,1-2H3. The Kier molecular flexibility index (Phi) is 3.59. The van der Waals surface area contributed by atoms with Crippen molar-refractivity contribution in [2.75, 3.05) is 0 Å². The van der Waals surface area contributed by atoms with Crippen LogP contribution in [0.1, 0.15) is 63.7 Å². The van der Waals surface area contributed by atoms with Crippen molar-refractivity contribution in [2.24, 2.45) is 11.7 Å². The van der Waals surface area contributed by atoms with Gasteiger partial charge in [0.15, 0.2) is 0 Å². The summed E-state index contributed by atoms with van der Waals surface area (Å²) in [7, 11) is 0. The maximum atomic E-state index is 5.78. The molecule has 4 nitrogen and oxygen atoms in total. The summed E-state index contributed by atoms with van der Waals surface area (Å²) in [6.45, 7) is 4.23. The van der Waals surface area contributed by atoms with E-state index >= 15 is 0 Å². The Morgan fingerprint density at radius 3 is 2.62 bits per heavy atom. The van der Waals surface area contributed by atoms with E-state index in [1.165, 1.54) is 32.1 Å². The lowest BCUT2D eigenvalue weighted by atomic mass is 9.85. The van der Waals surface area contributed by atoms with Crippen molar-refractivity contribution in [1.29, 1.82) is 0 Å². The summed E-state index contributed by atoms with van der Waals surface area (Å²) >= 11 is 0. The Labute approximate surface area is 97.2 Å². The first-order chi connectivity index (χ1) is 7.70. The van der Waals surface area contributed by atoms with Crippen LogP contribution < -0.4 is 5.73 Å². The van der Waals surface area contributed by atoms with Crippen LogP contribution in [0.25, 0.3) is 0 Å². The van der Waals surface area contributed by atoms with Gasteiger partial charge in [-0.1, -0.05) is 18.6 Å². The Balaban J connectivity index is 1.97. The van der Waals surface area contributed by atoms with Crippen molar-refractivity contribution >= 4 is 0 Å². The molecule has 2 rings (SSSR count). The summed E-state index contributed by atoms with van der Waals surface area (Å²) in [5.41, 5.74) is 6.68. The van der Waals surface area contributed by atoms with Crippen LogP contribution in [0.5, 0.6) is 0 Å². The molecule has 0 spiro atoms. The van der Waals surface area contributed by atoms with Crippen molar-refractivity contribution in [2.45, 2.75) is 58.0 Å². The monoisotopic (exact) mass is 222 g/mol. The van der Waals surface area contributed by atoms with Gasteiger partial charge in [-0.2, -0.15) is 0 Å². The average molecular weight is 222 g/mol. The third-order valence-electron chi connectivity index (χ3n) is 3.76. The fourth-order valence-corrected chi connectivity index (χ4v) is 2.50. The predicted octanol–water partition coefficient (Wildman–Crippen LogP) is 2.44. The highest BCUT2D eigenvalue weighted by Crippen LogP contribution is 2.33. The molecule has 90 valence electrons. The molecule has 0 aromatic carbocycles. The molecular weight excluding hydrogens is 200 g/mol. The van der Waals surface area contributed by atoms with Gasteiger partial charge >= 0.3 is 0 Å². The molecule has 1 aromatic rings. The van der Waals surface area contributed by atoms with Crippen LogP contribution in [0, 0.1) is 5.92 Å². The van der Waals surface area contributed by atoms with Crippen LogP contribution in [-0.2, 0) is 0 Å². The van der Waals surface area contributed by atoms with E-state index in [0.29, 0.717) is 6.04 Å². The minimum Gasteiger partial charge on any atom is -0.323 e. The highest BCUT2D eigenvalue weighted by atomic mass is 15.4. The third-order valence-corrected chi connectivity index (χ3v) is 3.76. The highest BCUT2D eigenvalue weighted by molar-refractivity contribution is 4.98. The molecular formula is C12H22N4. The molecule has 0 aliphatic heterocycles. The van der Waals surface area contributed by atoms with Gasteiger partial charge in [0.25, 0.3) is 0 Å². The van der Waals surface area contributed by atoms with E-state index in [9.17, 15) is 0 Å². The van der Waals surface area contributed by atoms with Crippen molar-refractivity contribution < 1.29 is 0 Å². The predicted molar refractivity (Wildman–Crippen MR) is 63.9 cm³/mol. The van der Waals surface area contributed by atoms with E-state index in [0.717, 1.165) is 11.6 Å². The Hall–Kier alpha value is -0.900. The lowest BCUT2D eigenvalue weighted by Crippen LogP contribution is -2.18. The van der Waals surface area contributed by atoms with Crippen LogP contribution >= 0.6 is 0 Å². The number of hydrogen-bond acceptors (Lipinski definition) is 3. The van der Waals surface area contributed by atoms with E-state index in [2.05, 4.69) is 17.2 Å². The van der Waals surface area contributed by atoms with Gasteiger partial charge in [0.2, 0.25) is 0 Å². The van der Waals surface area contributed by atoms with E-state index in [4.69, 9.17) is 5.73 Å².